The Morgan fingerprint density at radius 1 is 1.19 bits per heavy atom. The average Bonchev–Trinajstić information content (AvgIpc) is 3.22. The number of aryl methyl sites for hydroxylation is 3. The molecule has 0 saturated heterocycles. The van der Waals surface area contributed by atoms with Gasteiger partial charge in [0.2, 0.25) is 0 Å². The van der Waals surface area contributed by atoms with E-state index in [9.17, 15) is 9.59 Å². The molecule has 2 aromatic rings. The van der Waals surface area contributed by atoms with Crippen LogP contribution >= 0.6 is 0 Å². The number of hydrogen-bond acceptors (Lipinski definition) is 5. The average molecular weight is 356 g/mol. The van der Waals surface area contributed by atoms with Crippen LogP contribution in [0.25, 0.3) is 5.69 Å². The normalized spacial score (nSPS) is 14.4. The molecular weight excluding hydrogens is 332 g/mol. The van der Waals surface area contributed by atoms with Crippen molar-refractivity contribution in [2.24, 2.45) is 0 Å². The SMILES string of the molecule is Cc1ccc(-n2nc(C)c(C(=O)OCC(=O)NC3CCCC3)n2)c(C)c1. The highest BCUT2D eigenvalue weighted by molar-refractivity contribution is 5.90. The fourth-order valence-corrected chi connectivity index (χ4v) is 3.24. The lowest BCUT2D eigenvalue weighted by Crippen LogP contribution is -2.36. The first-order valence-electron chi connectivity index (χ1n) is 8.92. The second kappa shape index (κ2) is 7.68. The minimum atomic E-state index is -0.639. The number of nitrogens with zero attached hydrogens (tertiary/aromatic N) is 3. The summed E-state index contributed by atoms with van der Waals surface area (Å²) in [4.78, 5) is 25.6. The molecule has 3 rings (SSSR count). The lowest BCUT2D eigenvalue weighted by molar-refractivity contribution is -0.124. The molecule has 1 aliphatic rings. The highest BCUT2D eigenvalue weighted by Gasteiger charge is 2.21. The van der Waals surface area contributed by atoms with Gasteiger partial charge in [-0.1, -0.05) is 30.5 Å². The Morgan fingerprint density at radius 2 is 1.92 bits per heavy atom. The second-order valence-electron chi connectivity index (χ2n) is 6.84. The molecule has 26 heavy (non-hydrogen) atoms. The molecule has 0 radical (unpaired) electrons. The van der Waals surface area contributed by atoms with Gasteiger partial charge in [-0.15, -0.1) is 5.10 Å². The molecular formula is C19H24N4O3. The van der Waals surface area contributed by atoms with E-state index in [1.807, 2.05) is 32.0 Å². The number of amides is 1. The Kier molecular flexibility index (Phi) is 5.35. The largest absolute Gasteiger partial charge is 0.451 e. The first kappa shape index (κ1) is 18.1. The third-order valence-electron chi connectivity index (χ3n) is 4.60. The van der Waals surface area contributed by atoms with E-state index in [2.05, 4.69) is 15.5 Å². The van der Waals surface area contributed by atoms with Gasteiger partial charge in [0.15, 0.2) is 12.3 Å². The predicted molar refractivity (Wildman–Crippen MR) is 96.3 cm³/mol. The first-order chi connectivity index (χ1) is 12.4. The predicted octanol–water partition coefficient (Wildman–Crippen LogP) is 2.41. The number of nitrogens with one attached hydrogen (secondary N) is 1. The number of aromatic nitrogens is 3. The molecule has 7 nitrogen and oxygen atoms in total. The Hall–Kier alpha value is -2.70. The highest BCUT2D eigenvalue weighted by Crippen LogP contribution is 2.18. The van der Waals surface area contributed by atoms with Gasteiger partial charge in [-0.05, 0) is 45.2 Å². The van der Waals surface area contributed by atoms with Crippen LogP contribution < -0.4 is 5.32 Å². The van der Waals surface area contributed by atoms with Crippen molar-refractivity contribution in [3.63, 3.8) is 0 Å². The van der Waals surface area contributed by atoms with Crippen LogP contribution in [0.15, 0.2) is 18.2 Å². The van der Waals surface area contributed by atoms with Crippen LogP contribution in [0, 0.1) is 20.8 Å². The summed E-state index contributed by atoms with van der Waals surface area (Å²) in [6.45, 7) is 5.37. The molecule has 7 heteroatoms. The summed E-state index contributed by atoms with van der Waals surface area (Å²) < 4.78 is 5.11. The smallest absolute Gasteiger partial charge is 0.361 e. The lowest BCUT2D eigenvalue weighted by Gasteiger charge is -2.11. The van der Waals surface area contributed by atoms with Gasteiger partial charge in [-0.2, -0.15) is 9.90 Å². The standard InChI is InChI=1S/C19H24N4O3/c1-12-8-9-16(13(2)10-12)23-21-14(3)18(22-23)19(25)26-11-17(24)20-15-6-4-5-7-15/h8-10,15H,4-7,11H2,1-3H3,(H,20,24). The monoisotopic (exact) mass is 356 g/mol. The van der Waals surface area contributed by atoms with Gasteiger partial charge in [0.25, 0.3) is 5.91 Å². The molecule has 138 valence electrons. The zero-order chi connectivity index (χ0) is 18.7. The molecule has 0 bridgehead atoms. The van der Waals surface area contributed by atoms with Crippen molar-refractivity contribution in [1.82, 2.24) is 20.3 Å². The van der Waals surface area contributed by atoms with Crippen LogP contribution in [0.1, 0.15) is 53.0 Å². The fourth-order valence-electron chi connectivity index (χ4n) is 3.24. The molecule has 1 saturated carbocycles. The van der Waals surface area contributed by atoms with Crippen molar-refractivity contribution in [2.45, 2.75) is 52.5 Å². The van der Waals surface area contributed by atoms with E-state index in [1.54, 1.807) is 6.92 Å². The first-order valence-corrected chi connectivity index (χ1v) is 8.92. The highest BCUT2D eigenvalue weighted by atomic mass is 16.5. The minimum absolute atomic E-state index is 0.124. The maximum atomic E-state index is 12.3. The molecule has 1 N–H and O–H groups in total. The molecule has 1 aliphatic carbocycles. The van der Waals surface area contributed by atoms with E-state index in [1.165, 1.54) is 4.80 Å². The van der Waals surface area contributed by atoms with Gasteiger partial charge in [0, 0.05) is 6.04 Å². The van der Waals surface area contributed by atoms with Crippen LogP contribution in [0.5, 0.6) is 0 Å². The van der Waals surface area contributed by atoms with E-state index in [0.717, 1.165) is 42.5 Å². The van der Waals surface area contributed by atoms with Gasteiger partial charge in [-0.3, -0.25) is 4.79 Å². The van der Waals surface area contributed by atoms with E-state index in [4.69, 9.17) is 4.74 Å². The van der Waals surface area contributed by atoms with Crippen molar-refractivity contribution in [2.75, 3.05) is 6.61 Å². The number of esters is 1. The van der Waals surface area contributed by atoms with E-state index < -0.39 is 5.97 Å². The Bertz CT molecular complexity index is 822. The van der Waals surface area contributed by atoms with Gasteiger partial charge in [0.05, 0.1) is 11.4 Å². The quantitative estimate of drug-likeness (QED) is 0.832. The second-order valence-corrected chi connectivity index (χ2v) is 6.84. The molecule has 1 aromatic heterocycles. The minimum Gasteiger partial charge on any atom is -0.451 e. The number of carbonyl (C=O) groups excluding carboxylic acids is 2. The topological polar surface area (TPSA) is 86.1 Å². The van der Waals surface area contributed by atoms with Gasteiger partial charge < -0.3 is 10.1 Å². The summed E-state index contributed by atoms with van der Waals surface area (Å²) in [5.41, 5.74) is 3.54. The van der Waals surface area contributed by atoms with E-state index in [0.29, 0.717) is 5.69 Å². The summed E-state index contributed by atoms with van der Waals surface area (Å²) in [6.07, 6.45) is 4.24. The molecule has 0 unspecified atom stereocenters. The van der Waals surface area contributed by atoms with Crippen molar-refractivity contribution in [1.29, 1.82) is 0 Å². The van der Waals surface area contributed by atoms with Gasteiger partial charge >= 0.3 is 5.97 Å². The molecule has 1 amide bonds. The zero-order valence-corrected chi connectivity index (χ0v) is 15.4. The molecule has 1 aromatic carbocycles. The summed E-state index contributed by atoms with van der Waals surface area (Å²) in [7, 11) is 0. The maximum Gasteiger partial charge on any atom is 0.361 e. The Balaban J connectivity index is 1.64. The molecule has 1 heterocycles. The summed E-state index contributed by atoms with van der Waals surface area (Å²) in [5.74, 6) is -0.912. The third kappa shape index (κ3) is 4.09. The number of ether oxygens (including phenoxy) is 1. The van der Waals surface area contributed by atoms with Crippen molar-refractivity contribution in [3.8, 4) is 5.69 Å². The van der Waals surface area contributed by atoms with E-state index in [-0.39, 0.29) is 24.2 Å². The van der Waals surface area contributed by atoms with Gasteiger partial charge in [-0.25, -0.2) is 4.79 Å². The van der Waals surface area contributed by atoms with Gasteiger partial charge in [0.1, 0.15) is 0 Å². The summed E-state index contributed by atoms with van der Waals surface area (Å²) >= 11 is 0. The van der Waals surface area contributed by atoms with Crippen LogP contribution in [-0.2, 0) is 9.53 Å². The number of rotatable bonds is 5. The molecule has 1 fully saturated rings. The Labute approximate surface area is 152 Å². The third-order valence-corrected chi connectivity index (χ3v) is 4.60. The molecule has 0 atom stereocenters. The maximum absolute atomic E-state index is 12.3. The fraction of sp³-hybridized carbons (Fsp3) is 0.474. The number of carbonyl (C=O) groups is 2. The summed E-state index contributed by atoms with van der Waals surface area (Å²) in [6, 6.07) is 6.10. The Morgan fingerprint density at radius 3 is 2.62 bits per heavy atom. The van der Waals surface area contributed by atoms with Crippen molar-refractivity contribution < 1.29 is 14.3 Å². The number of benzene rings is 1. The summed E-state index contributed by atoms with van der Waals surface area (Å²) in [5, 5.41) is 11.4. The van der Waals surface area contributed by atoms with E-state index >= 15 is 0 Å². The van der Waals surface area contributed by atoms with Crippen LogP contribution in [0.2, 0.25) is 0 Å². The van der Waals surface area contributed by atoms with Crippen molar-refractivity contribution in [3.05, 3.63) is 40.7 Å². The van der Waals surface area contributed by atoms with Crippen LogP contribution in [0.4, 0.5) is 0 Å². The van der Waals surface area contributed by atoms with Crippen molar-refractivity contribution >= 4 is 11.9 Å². The number of hydrogen-bond donors (Lipinski definition) is 1. The molecule has 0 aliphatic heterocycles. The lowest BCUT2D eigenvalue weighted by atomic mass is 10.1. The van der Waals surface area contributed by atoms with Crippen LogP contribution in [-0.4, -0.2) is 39.5 Å². The zero-order valence-electron chi connectivity index (χ0n) is 15.4. The van der Waals surface area contributed by atoms with Crippen LogP contribution in [0.3, 0.4) is 0 Å². The molecule has 0 spiro atoms.